The molecule has 0 saturated carbocycles. The van der Waals surface area contributed by atoms with Gasteiger partial charge in [-0.1, -0.05) is 18.2 Å². The lowest BCUT2D eigenvalue weighted by atomic mass is 9.96. The summed E-state index contributed by atoms with van der Waals surface area (Å²) in [4.78, 5) is 24.8. The first kappa shape index (κ1) is 16.9. The molecular weight excluding hydrogens is 322 g/mol. The van der Waals surface area contributed by atoms with Crippen molar-refractivity contribution in [3.63, 3.8) is 0 Å². The first-order chi connectivity index (χ1) is 11.7. The summed E-state index contributed by atoms with van der Waals surface area (Å²) in [6, 6.07) is 7.62. The van der Waals surface area contributed by atoms with Crippen LogP contribution < -0.4 is 16.0 Å². The summed E-state index contributed by atoms with van der Waals surface area (Å²) in [6.07, 6.45) is 2.17. The lowest BCUT2D eigenvalue weighted by Crippen LogP contribution is -2.50. The quantitative estimate of drug-likeness (QED) is 0.772. The van der Waals surface area contributed by atoms with Gasteiger partial charge in [-0.25, -0.2) is 0 Å². The highest BCUT2D eigenvalue weighted by molar-refractivity contribution is 7.17. The van der Waals surface area contributed by atoms with Crippen LogP contribution in [0.1, 0.15) is 18.4 Å². The Kier molecular flexibility index (Phi) is 5.48. The highest BCUT2D eigenvalue weighted by Crippen LogP contribution is 2.26. The van der Waals surface area contributed by atoms with Gasteiger partial charge >= 0.3 is 0 Å². The first-order valence-corrected chi connectivity index (χ1v) is 9.25. The van der Waals surface area contributed by atoms with Crippen LogP contribution in [0.2, 0.25) is 0 Å². The molecule has 24 heavy (non-hydrogen) atoms. The van der Waals surface area contributed by atoms with Crippen molar-refractivity contribution in [3.8, 4) is 0 Å². The van der Waals surface area contributed by atoms with Crippen molar-refractivity contribution in [1.82, 2.24) is 16.0 Å². The Hall–Kier alpha value is -1.92. The van der Waals surface area contributed by atoms with Gasteiger partial charge < -0.3 is 16.0 Å². The molecule has 5 nitrogen and oxygen atoms in total. The van der Waals surface area contributed by atoms with Gasteiger partial charge in [-0.2, -0.15) is 0 Å². The van der Waals surface area contributed by atoms with E-state index in [-0.39, 0.29) is 17.7 Å². The maximum Gasteiger partial charge on any atom is 0.242 e. The summed E-state index contributed by atoms with van der Waals surface area (Å²) in [6.45, 7) is 1.72. The predicted octanol–water partition coefficient (Wildman–Crippen LogP) is 1.67. The van der Waals surface area contributed by atoms with Crippen molar-refractivity contribution in [3.05, 3.63) is 35.2 Å². The molecular formula is C18H23N3O2S. The van der Waals surface area contributed by atoms with Crippen molar-refractivity contribution in [2.24, 2.45) is 5.92 Å². The Morgan fingerprint density at radius 3 is 2.79 bits per heavy atom. The summed E-state index contributed by atoms with van der Waals surface area (Å²) in [5.74, 6) is -0.158. The number of likely N-dealkylation sites (N-methyl/N-ethyl adjacent to an activating group) is 1. The zero-order valence-electron chi connectivity index (χ0n) is 13.8. The van der Waals surface area contributed by atoms with Crippen LogP contribution in [0.25, 0.3) is 10.1 Å². The minimum Gasteiger partial charge on any atom is -0.357 e. The highest BCUT2D eigenvalue weighted by atomic mass is 32.1. The second-order valence-corrected chi connectivity index (χ2v) is 7.07. The van der Waals surface area contributed by atoms with Crippen molar-refractivity contribution in [2.75, 3.05) is 20.1 Å². The van der Waals surface area contributed by atoms with Gasteiger partial charge in [0.15, 0.2) is 0 Å². The number of hydrogen-bond acceptors (Lipinski definition) is 4. The summed E-state index contributed by atoms with van der Waals surface area (Å²) in [7, 11) is 1.61. The highest BCUT2D eigenvalue weighted by Gasteiger charge is 2.26. The molecule has 3 rings (SSSR count). The third-order valence-corrected chi connectivity index (χ3v) is 5.59. The van der Waals surface area contributed by atoms with E-state index in [1.54, 1.807) is 18.4 Å². The Morgan fingerprint density at radius 1 is 1.29 bits per heavy atom. The largest absolute Gasteiger partial charge is 0.357 e. The second-order valence-electron chi connectivity index (χ2n) is 6.16. The fourth-order valence-corrected chi connectivity index (χ4v) is 4.14. The number of carbonyl (C=O) groups is 2. The zero-order valence-corrected chi connectivity index (χ0v) is 14.6. The normalized spacial score (nSPS) is 16.7. The molecule has 1 aromatic heterocycles. The Morgan fingerprint density at radius 2 is 2.04 bits per heavy atom. The molecule has 0 aliphatic carbocycles. The summed E-state index contributed by atoms with van der Waals surface area (Å²) >= 11 is 1.67. The number of nitrogens with one attached hydrogen (secondary N) is 3. The van der Waals surface area contributed by atoms with Crippen molar-refractivity contribution in [1.29, 1.82) is 0 Å². The lowest BCUT2D eigenvalue weighted by Gasteiger charge is -2.24. The van der Waals surface area contributed by atoms with Crippen LogP contribution in [0.3, 0.4) is 0 Å². The van der Waals surface area contributed by atoms with Crippen LogP contribution in [0.5, 0.6) is 0 Å². The van der Waals surface area contributed by atoms with Crippen molar-refractivity contribution in [2.45, 2.75) is 25.3 Å². The van der Waals surface area contributed by atoms with Crippen LogP contribution in [0.15, 0.2) is 29.6 Å². The van der Waals surface area contributed by atoms with Crippen LogP contribution in [0.4, 0.5) is 0 Å². The smallest absolute Gasteiger partial charge is 0.242 e. The molecule has 2 amide bonds. The Bertz CT molecular complexity index is 722. The van der Waals surface area contributed by atoms with Gasteiger partial charge in [0.05, 0.1) is 0 Å². The van der Waals surface area contributed by atoms with E-state index >= 15 is 0 Å². The monoisotopic (exact) mass is 345 g/mol. The molecule has 2 heterocycles. The van der Waals surface area contributed by atoms with E-state index in [1.165, 1.54) is 4.70 Å². The SMILES string of the molecule is CNC(=O)[C@@H](Cc1csc2ccccc12)NC(=O)C1CCNCC1. The van der Waals surface area contributed by atoms with Crippen molar-refractivity contribution < 1.29 is 9.59 Å². The minimum absolute atomic E-state index is 0.00220. The number of amides is 2. The minimum atomic E-state index is -0.532. The van der Waals surface area contributed by atoms with Gasteiger partial charge in [-0.3, -0.25) is 9.59 Å². The maximum atomic E-state index is 12.5. The van der Waals surface area contributed by atoms with E-state index in [9.17, 15) is 9.59 Å². The van der Waals surface area contributed by atoms with E-state index in [0.717, 1.165) is 36.9 Å². The number of rotatable bonds is 5. The number of carbonyl (C=O) groups excluding carboxylic acids is 2. The molecule has 1 atom stereocenters. The average Bonchev–Trinajstić information content (AvgIpc) is 3.04. The Balaban J connectivity index is 1.74. The van der Waals surface area contributed by atoms with Crippen LogP contribution in [-0.4, -0.2) is 38.0 Å². The zero-order chi connectivity index (χ0) is 16.9. The topological polar surface area (TPSA) is 70.2 Å². The summed E-state index contributed by atoms with van der Waals surface area (Å²) in [5.41, 5.74) is 1.11. The number of benzene rings is 1. The molecule has 0 radical (unpaired) electrons. The van der Waals surface area contributed by atoms with Crippen LogP contribution in [0, 0.1) is 5.92 Å². The fourth-order valence-electron chi connectivity index (χ4n) is 3.17. The Labute approximate surface area is 145 Å². The van der Waals surface area contributed by atoms with Gasteiger partial charge in [-0.05, 0) is 48.3 Å². The van der Waals surface area contributed by atoms with Crippen LogP contribution >= 0.6 is 11.3 Å². The predicted molar refractivity (Wildman–Crippen MR) is 97.1 cm³/mol. The van der Waals surface area contributed by atoms with Crippen molar-refractivity contribution >= 4 is 33.2 Å². The van der Waals surface area contributed by atoms with E-state index in [0.29, 0.717) is 6.42 Å². The molecule has 128 valence electrons. The molecule has 2 aromatic rings. The third-order valence-electron chi connectivity index (χ3n) is 4.57. The molecule has 1 aliphatic rings. The van der Waals surface area contributed by atoms with Gasteiger partial charge in [0.1, 0.15) is 6.04 Å². The molecule has 0 bridgehead atoms. The van der Waals surface area contributed by atoms with E-state index in [1.807, 2.05) is 12.1 Å². The van der Waals surface area contributed by atoms with Gasteiger partial charge in [0.25, 0.3) is 0 Å². The van der Waals surface area contributed by atoms with E-state index < -0.39 is 6.04 Å². The van der Waals surface area contributed by atoms with E-state index in [4.69, 9.17) is 0 Å². The standard InChI is InChI=1S/C18H23N3O2S/c1-19-18(23)15(21-17(22)12-6-8-20-9-7-12)10-13-11-24-16-5-3-2-4-14(13)16/h2-5,11-12,15,20H,6-10H2,1H3,(H,19,23)(H,21,22)/t15-/m1/s1. The van der Waals surface area contributed by atoms with Gasteiger partial charge in [-0.15, -0.1) is 11.3 Å². The molecule has 0 unspecified atom stereocenters. The second kappa shape index (κ2) is 7.77. The average molecular weight is 345 g/mol. The molecule has 1 aliphatic heterocycles. The number of piperidine rings is 1. The fraction of sp³-hybridized carbons (Fsp3) is 0.444. The van der Waals surface area contributed by atoms with E-state index in [2.05, 4.69) is 33.5 Å². The molecule has 6 heteroatoms. The third kappa shape index (κ3) is 3.76. The molecule has 1 aromatic carbocycles. The maximum absolute atomic E-state index is 12.5. The summed E-state index contributed by atoms with van der Waals surface area (Å²) in [5, 5.41) is 12.1. The molecule has 1 fully saturated rings. The lowest BCUT2D eigenvalue weighted by molar-refractivity contribution is -0.131. The first-order valence-electron chi connectivity index (χ1n) is 8.37. The van der Waals surface area contributed by atoms with Gasteiger partial charge in [0, 0.05) is 24.1 Å². The molecule has 0 spiro atoms. The van der Waals surface area contributed by atoms with Gasteiger partial charge in [0.2, 0.25) is 11.8 Å². The number of fused-ring (bicyclic) bond motifs is 1. The molecule has 1 saturated heterocycles. The summed E-state index contributed by atoms with van der Waals surface area (Å²) < 4.78 is 1.20. The number of thiophene rings is 1. The molecule has 3 N–H and O–H groups in total. The number of hydrogen-bond donors (Lipinski definition) is 3. The van der Waals surface area contributed by atoms with Crippen LogP contribution in [-0.2, 0) is 16.0 Å².